The highest BCUT2D eigenvalue weighted by Gasteiger charge is 2.28. The molecule has 0 saturated heterocycles. The van der Waals surface area contributed by atoms with E-state index in [1.807, 2.05) is 44.2 Å². The number of pyridine rings is 1. The van der Waals surface area contributed by atoms with Crippen molar-refractivity contribution in [2.75, 3.05) is 19.6 Å². The van der Waals surface area contributed by atoms with Gasteiger partial charge in [-0.05, 0) is 30.0 Å². The van der Waals surface area contributed by atoms with Gasteiger partial charge in [-0.15, -0.1) is 11.3 Å². The van der Waals surface area contributed by atoms with Crippen molar-refractivity contribution in [2.45, 2.75) is 38.8 Å². The van der Waals surface area contributed by atoms with Gasteiger partial charge < -0.3 is 25.3 Å². The van der Waals surface area contributed by atoms with Crippen molar-refractivity contribution >= 4 is 35.0 Å². The van der Waals surface area contributed by atoms with Gasteiger partial charge in [0.2, 0.25) is 11.8 Å². The van der Waals surface area contributed by atoms with Crippen molar-refractivity contribution in [1.29, 1.82) is 0 Å². The van der Waals surface area contributed by atoms with Gasteiger partial charge in [-0.3, -0.25) is 24.2 Å². The fraction of sp³-hybridized carbons (Fsp3) is 0.323. The summed E-state index contributed by atoms with van der Waals surface area (Å²) in [5, 5.41) is 10.9. The van der Waals surface area contributed by atoms with E-state index in [0.717, 1.165) is 5.56 Å². The van der Waals surface area contributed by atoms with Crippen LogP contribution in [0.2, 0.25) is 0 Å². The van der Waals surface area contributed by atoms with Crippen molar-refractivity contribution in [2.24, 2.45) is 5.92 Å². The van der Waals surface area contributed by atoms with Crippen LogP contribution >= 0.6 is 11.3 Å². The second-order valence-electron chi connectivity index (χ2n) is 10.8. The molecule has 3 N–H and O–H groups in total. The molecule has 3 aromatic heterocycles. The summed E-state index contributed by atoms with van der Waals surface area (Å²) in [6, 6.07) is 11.4. The molecule has 0 fully saturated rings. The smallest absolute Gasteiger partial charge is 0.273 e. The molecular formula is C31H33N7O5S. The Hall–Kier alpha value is -4.91. The Labute approximate surface area is 258 Å². The van der Waals surface area contributed by atoms with E-state index in [1.54, 1.807) is 17.5 Å². The lowest BCUT2D eigenvalue weighted by atomic mass is 10.0. The van der Waals surface area contributed by atoms with Crippen LogP contribution in [0.3, 0.4) is 0 Å². The molecule has 44 heavy (non-hydrogen) atoms. The van der Waals surface area contributed by atoms with E-state index < -0.39 is 35.7 Å². The number of thiazole rings is 1. The highest BCUT2D eigenvalue weighted by molar-refractivity contribution is 7.09. The lowest BCUT2D eigenvalue weighted by Crippen LogP contribution is -2.45. The minimum Gasteiger partial charge on any atom is -0.446 e. The molecule has 0 spiro atoms. The summed E-state index contributed by atoms with van der Waals surface area (Å²) in [5.74, 6) is -1.37. The van der Waals surface area contributed by atoms with Crippen molar-refractivity contribution in [1.82, 2.24) is 35.8 Å². The average molecular weight is 616 g/mol. The third-order valence-corrected chi connectivity index (χ3v) is 7.91. The molecule has 1 aromatic carbocycles. The summed E-state index contributed by atoms with van der Waals surface area (Å²) in [5.41, 5.74) is 1.51. The highest BCUT2D eigenvalue weighted by atomic mass is 32.1. The SMILES string of the molecule is CC(C)C[C@@H]1NC(=O)c2coc(n2)[C@H](Cc2ccccc2)NC(=O)CN(C(=O)c2ccncc2)CCNC(=O)c2csc1n2. The van der Waals surface area contributed by atoms with E-state index in [9.17, 15) is 19.2 Å². The number of aromatic nitrogens is 3. The molecule has 4 bridgehead atoms. The van der Waals surface area contributed by atoms with Gasteiger partial charge in [-0.1, -0.05) is 44.2 Å². The minimum atomic E-state index is -0.726. The van der Waals surface area contributed by atoms with Crippen LogP contribution in [0.1, 0.15) is 80.1 Å². The first-order valence-corrected chi connectivity index (χ1v) is 15.2. The van der Waals surface area contributed by atoms with Crippen LogP contribution < -0.4 is 16.0 Å². The van der Waals surface area contributed by atoms with Crippen LogP contribution in [0.15, 0.2) is 70.9 Å². The Kier molecular flexibility index (Phi) is 9.75. The quantitative estimate of drug-likeness (QED) is 0.308. The molecule has 0 unspecified atom stereocenters. The van der Waals surface area contributed by atoms with Crippen LogP contribution in [-0.2, 0) is 11.2 Å². The second kappa shape index (κ2) is 14.0. The third-order valence-electron chi connectivity index (χ3n) is 6.95. The molecule has 228 valence electrons. The van der Waals surface area contributed by atoms with Crippen LogP contribution in [0.25, 0.3) is 0 Å². The topological polar surface area (TPSA) is 159 Å². The number of oxazole rings is 1. The number of carbonyl (C=O) groups is 4. The minimum absolute atomic E-state index is 0.0474. The molecule has 0 aliphatic carbocycles. The van der Waals surface area contributed by atoms with Gasteiger partial charge in [0.05, 0.1) is 12.6 Å². The maximum atomic E-state index is 13.4. The van der Waals surface area contributed by atoms with Gasteiger partial charge >= 0.3 is 0 Å². The van der Waals surface area contributed by atoms with Gasteiger partial charge in [-0.2, -0.15) is 0 Å². The van der Waals surface area contributed by atoms with Crippen molar-refractivity contribution in [3.63, 3.8) is 0 Å². The third kappa shape index (κ3) is 7.72. The van der Waals surface area contributed by atoms with Gasteiger partial charge in [-0.25, -0.2) is 9.97 Å². The van der Waals surface area contributed by atoms with Gasteiger partial charge in [0.15, 0.2) is 5.69 Å². The zero-order chi connectivity index (χ0) is 31.1. The molecule has 1 aliphatic rings. The molecule has 5 rings (SSSR count). The number of fused-ring (bicyclic) bond motifs is 4. The number of nitrogens with one attached hydrogen (secondary N) is 3. The Morgan fingerprint density at radius 2 is 1.77 bits per heavy atom. The van der Waals surface area contributed by atoms with Crippen LogP contribution in [0, 0.1) is 5.92 Å². The summed E-state index contributed by atoms with van der Waals surface area (Å²) in [6.45, 7) is 3.91. The number of amides is 4. The highest BCUT2D eigenvalue weighted by Crippen LogP contribution is 2.26. The average Bonchev–Trinajstić information content (AvgIpc) is 3.71. The zero-order valence-electron chi connectivity index (χ0n) is 24.4. The molecule has 4 amide bonds. The fourth-order valence-corrected chi connectivity index (χ4v) is 5.68. The number of nitrogens with zero attached hydrogens (tertiary/aromatic N) is 4. The standard InChI is InChI=1S/C31H33N7O5S/c1-19(2)14-23-30-37-25(18-44-30)27(40)33-12-13-38(31(42)21-8-10-32-11-9-21)16-26(39)34-22(15-20-6-4-3-5-7-20)29-36-24(17-43-29)28(41)35-23/h3-11,17-19,22-23H,12-16H2,1-2H3,(H,33,40)(H,34,39)(H,35,41)/t22-,23-/m0/s1. The lowest BCUT2D eigenvalue weighted by Gasteiger charge is -2.24. The first-order chi connectivity index (χ1) is 21.3. The number of hydrogen-bond donors (Lipinski definition) is 3. The maximum absolute atomic E-state index is 13.4. The van der Waals surface area contributed by atoms with Crippen LogP contribution in [0.5, 0.6) is 0 Å². The number of benzene rings is 1. The number of rotatable bonds is 5. The van der Waals surface area contributed by atoms with E-state index in [0.29, 0.717) is 23.4 Å². The van der Waals surface area contributed by atoms with Gasteiger partial charge in [0.25, 0.3) is 17.7 Å². The Balaban J connectivity index is 1.48. The van der Waals surface area contributed by atoms with E-state index in [2.05, 4.69) is 30.9 Å². The number of hydrogen-bond acceptors (Lipinski definition) is 9. The molecule has 1 aliphatic heterocycles. The van der Waals surface area contributed by atoms with Crippen molar-refractivity contribution in [3.8, 4) is 0 Å². The second-order valence-corrected chi connectivity index (χ2v) is 11.7. The Bertz CT molecular complexity index is 1610. The predicted molar refractivity (Wildman–Crippen MR) is 162 cm³/mol. The van der Waals surface area contributed by atoms with E-state index in [-0.39, 0.29) is 42.8 Å². The normalized spacial score (nSPS) is 18.2. The van der Waals surface area contributed by atoms with Crippen LogP contribution in [0.4, 0.5) is 0 Å². The Morgan fingerprint density at radius 3 is 2.52 bits per heavy atom. The summed E-state index contributed by atoms with van der Waals surface area (Å²) in [4.78, 5) is 67.4. The van der Waals surface area contributed by atoms with E-state index >= 15 is 0 Å². The molecular weight excluding hydrogens is 582 g/mol. The molecule has 4 aromatic rings. The van der Waals surface area contributed by atoms with Gasteiger partial charge in [0, 0.05) is 42.8 Å². The van der Waals surface area contributed by atoms with Crippen LogP contribution in [-0.4, -0.2) is 63.1 Å². The predicted octanol–water partition coefficient (Wildman–Crippen LogP) is 3.33. The lowest BCUT2D eigenvalue weighted by molar-refractivity contribution is -0.122. The molecule has 0 radical (unpaired) electrons. The summed E-state index contributed by atoms with van der Waals surface area (Å²) < 4.78 is 5.75. The van der Waals surface area contributed by atoms with Gasteiger partial charge in [0.1, 0.15) is 23.0 Å². The molecule has 0 saturated carbocycles. The molecule has 12 nitrogen and oxygen atoms in total. The summed E-state index contributed by atoms with van der Waals surface area (Å²) >= 11 is 1.28. The summed E-state index contributed by atoms with van der Waals surface area (Å²) in [6.07, 6.45) is 5.17. The monoisotopic (exact) mass is 615 g/mol. The first kappa shape index (κ1) is 30.5. The number of carbonyl (C=O) groups excluding carboxylic acids is 4. The first-order valence-electron chi connectivity index (χ1n) is 14.3. The van der Waals surface area contributed by atoms with Crippen molar-refractivity contribution in [3.05, 3.63) is 99.9 Å². The molecule has 4 heterocycles. The maximum Gasteiger partial charge on any atom is 0.273 e. The zero-order valence-corrected chi connectivity index (χ0v) is 25.2. The van der Waals surface area contributed by atoms with Crippen molar-refractivity contribution < 1.29 is 23.6 Å². The molecule has 2 atom stereocenters. The fourth-order valence-electron chi connectivity index (χ4n) is 4.82. The Morgan fingerprint density at radius 1 is 1.00 bits per heavy atom. The van der Waals surface area contributed by atoms with E-state index in [4.69, 9.17) is 4.42 Å². The molecule has 13 heteroatoms. The summed E-state index contributed by atoms with van der Waals surface area (Å²) in [7, 11) is 0. The van der Waals surface area contributed by atoms with E-state index in [1.165, 1.54) is 34.9 Å². The largest absolute Gasteiger partial charge is 0.446 e.